The fourth-order valence-corrected chi connectivity index (χ4v) is 1.59. The molecule has 0 amide bonds. The molecule has 0 radical (unpaired) electrons. The van der Waals surface area contributed by atoms with Crippen molar-refractivity contribution in [3.8, 4) is 17.2 Å². The van der Waals surface area contributed by atoms with Crippen molar-refractivity contribution in [2.24, 2.45) is 5.73 Å². The van der Waals surface area contributed by atoms with E-state index in [1.807, 2.05) is 0 Å². The van der Waals surface area contributed by atoms with Crippen molar-refractivity contribution in [3.05, 3.63) is 17.7 Å². The van der Waals surface area contributed by atoms with E-state index in [-0.39, 0.29) is 6.42 Å². The van der Waals surface area contributed by atoms with Gasteiger partial charge in [-0.05, 0) is 24.1 Å². The molecule has 6 nitrogen and oxygen atoms in total. The molecular formula is C12H17NO5. The Hall–Kier alpha value is -1.95. The highest BCUT2D eigenvalue weighted by molar-refractivity contribution is 5.73. The molecule has 0 aliphatic rings. The standard InChI is InChI=1S/C12H17NO5/c1-16-9-5-7(4-8(13)12(14)15)6-10(17-2)11(9)18-3/h5-6,8H,4,13H2,1-3H3,(H,14,15). The first-order chi connectivity index (χ1) is 8.53. The zero-order valence-electron chi connectivity index (χ0n) is 10.6. The lowest BCUT2D eigenvalue weighted by molar-refractivity contribution is -0.138. The highest BCUT2D eigenvalue weighted by Gasteiger charge is 2.17. The van der Waals surface area contributed by atoms with Gasteiger partial charge in [0.05, 0.1) is 21.3 Å². The summed E-state index contributed by atoms with van der Waals surface area (Å²) in [6.07, 6.45) is 0.187. The zero-order valence-corrected chi connectivity index (χ0v) is 10.6. The minimum absolute atomic E-state index is 0.187. The molecule has 0 saturated carbocycles. The molecule has 1 aromatic carbocycles. The van der Waals surface area contributed by atoms with Gasteiger partial charge in [0.25, 0.3) is 0 Å². The van der Waals surface area contributed by atoms with Crippen LogP contribution in [-0.4, -0.2) is 38.4 Å². The molecular weight excluding hydrogens is 238 g/mol. The van der Waals surface area contributed by atoms with Crippen LogP contribution in [0.3, 0.4) is 0 Å². The Morgan fingerprint density at radius 1 is 1.22 bits per heavy atom. The summed E-state index contributed by atoms with van der Waals surface area (Å²) < 4.78 is 15.5. The first-order valence-corrected chi connectivity index (χ1v) is 5.30. The summed E-state index contributed by atoms with van der Waals surface area (Å²) in [7, 11) is 4.50. The number of carbonyl (C=O) groups is 1. The van der Waals surface area contributed by atoms with Crippen LogP contribution in [0.5, 0.6) is 17.2 Å². The quantitative estimate of drug-likeness (QED) is 0.776. The van der Waals surface area contributed by atoms with E-state index in [0.29, 0.717) is 22.8 Å². The number of benzene rings is 1. The Labute approximate surface area is 105 Å². The summed E-state index contributed by atoms with van der Waals surface area (Å²) in [6, 6.07) is 2.40. The number of hydrogen-bond acceptors (Lipinski definition) is 5. The molecule has 1 aromatic rings. The maximum Gasteiger partial charge on any atom is 0.320 e. The predicted molar refractivity (Wildman–Crippen MR) is 65.4 cm³/mol. The van der Waals surface area contributed by atoms with E-state index < -0.39 is 12.0 Å². The van der Waals surface area contributed by atoms with Gasteiger partial charge in [-0.1, -0.05) is 0 Å². The lowest BCUT2D eigenvalue weighted by Gasteiger charge is -2.15. The summed E-state index contributed by atoms with van der Waals surface area (Å²) >= 11 is 0. The van der Waals surface area contributed by atoms with Gasteiger partial charge in [0, 0.05) is 0 Å². The van der Waals surface area contributed by atoms with Crippen molar-refractivity contribution in [1.82, 2.24) is 0 Å². The van der Waals surface area contributed by atoms with Gasteiger partial charge in [-0.25, -0.2) is 0 Å². The third-order valence-electron chi connectivity index (χ3n) is 2.50. The van der Waals surface area contributed by atoms with Crippen LogP contribution in [0.25, 0.3) is 0 Å². The van der Waals surface area contributed by atoms with Gasteiger partial charge in [-0.2, -0.15) is 0 Å². The number of methoxy groups -OCH3 is 3. The van der Waals surface area contributed by atoms with Crippen LogP contribution in [0.15, 0.2) is 12.1 Å². The Bertz CT molecular complexity index is 407. The van der Waals surface area contributed by atoms with Gasteiger partial charge < -0.3 is 25.1 Å². The molecule has 1 atom stereocenters. The maximum atomic E-state index is 10.7. The lowest BCUT2D eigenvalue weighted by atomic mass is 10.1. The normalized spacial score (nSPS) is 11.8. The topological polar surface area (TPSA) is 91.0 Å². The Kier molecular flexibility index (Phi) is 4.79. The molecule has 0 aliphatic heterocycles. The Morgan fingerprint density at radius 2 is 1.72 bits per heavy atom. The Balaban J connectivity index is 3.11. The second-order valence-electron chi connectivity index (χ2n) is 3.68. The largest absolute Gasteiger partial charge is 0.493 e. The molecule has 6 heteroatoms. The summed E-state index contributed by atoms with van der Waals surface area (Å²) in [5.74, 6) is 0.366. The van der Waals surface area contributed by atoms with Crippen LogP contribution >= 0.6 is 0 Å². The zero-order chi connectivity index (χ0) is 13.7. The number of ether oxygens (including phenoxy) is 3. The van der Waals surface area contributed by atoms with Crippen molar-refractivity contribution >= 4 is 5.97 Å². The molecule has 0 spiro atoms. The van der Waals surface area contributed by atoms with E-state index in [0.717, 1.165) is 0 Å². The minimum Gasteiger partial charge on any atom is -0.493 e. The van der Waals surface area contributed by atoms with Gasteiger partial charge in [-0.3, -0.25) is 4.79 Å². The van der Waals surface area contributed by atoms with E-state index in [1.165, 1.54) is 21.3 Å². The fourth-order valence-electron chi connectivity index (χ4n) is 1.59. The number of nitrogens with two attached hydrogens (primary N) is 1. The first kappa shape index (κ1) is 14.1. The molecule has 18 heavy (non-hydrogen) atoms. The monoisotopic (exact) mass is 255 g/mol. The molecule has 0 heterocycles. The fraction of sp³-hybridized carbons (Fsp3) is 0.417. The molecule has 0 bridgehead atoms. The lowest BCUT2D eigenvalue weighted by Crippen LogP contribution is -2.32. The van der Waals surface area contributed by atoms with Gasteiger partial charge in [-0.15, -0.1) is 0 Å². The van der Waals surface area contributed by atoms with Gasteiger partial charge in [0.1, 0.15) is 6.04 Å². The van der Waals surface area contributed by atoms with Crippen molar-refractivity contribution in [2.45, 2.75) is 12.5 Å². The summed E-state index contributed by atoms with van der Waals surface area (Å²) in [6.45, 7) is 0. The number of carboxylic acid groups (broad SMARTS) is 1. The van der Waals surface area contributed by atoms with Crippen LogP contribution in [0.1, 0.15) is 5.56 Å². The highest BCUT2D eigenvalue weighted by Crippen LogP contribution is 2.38. The van der Waals surface area contributed by atoms with E-state index in [9.17, 15) is 4.79 Å². The summed E-state index contributed by atoms with van der Waals surface area (Å²) in [5.41, 5.74) is 6.20. The number of carboxylic acids is 1. The average Bonchev–Trinajstić information content (AvgIpc) is 2.37. The second-order valence-corrected chi connectivity index (χ2v) is 3.68. The van der Waals surface area contributed by atoms with Crippen molar-refractivity contribution in [3.63, 3.8) is 0 Å². The molecule has 100 valence electrons. The van der Waals surface area contributed by atoms with Crippen LogP contribution < -0.4 is 19.9 Å². The van der Waals surface area contributed by atoms with Gasteiger partial charge in [0.2, 0.25) is 5.75 Å². The van der Waals surface area contributed by atoms with Gasteiger partial charge >= 0.3 is 5.97 Å². The minimum atomic E-state index is -1.05. The molecule has 0 aliphatic carbocycles. The van der Waals surface area contributed by atoms with Crippen LogP contribution in [-0.2, 0) is 11.2 Å². The van der Waals surface area contributed by atoms with Crippen molar-refractivity contribution < 1.29 is 24.1 Å². The molecule has 0 saturated heterocycles. The smallest absolute Gasteiger partial charge is 0.320 e. The molecule has 0 fully saturated rings. The SMILES string of the molecule is COc1cc(CC(N)C(=O)O)cc(OC)c1OC. The summed E-state index contributed by atoms with van der Waals surface area (Å²) in [4.78, 5) is 10.7. The van der Waals surface area contributed by atoms with Crippen LogP contribution in [0.2, 0.25) is 0 Å². The molecule has 3 N–H and O–H groups in total. The van der Waals surface area contributed by atoms with Crippen molar-refractivity contribution in [1.29, 1.82) is 0 Å². The van der Waals surface area contributed by atoms with E-state index in [2.05, 4.69) is 0 Å². The first-order valence-electron chi connectivity index (χ1n) is 5.30. The van der Waals surface area contributed by atoms with E-state index >= 15 is 0 Å². The molecule has 1 rings (SSSR count). The van der Waals surface area contributed by atoms with Crippen LogP contribution in [0, 0.1) is 0 Å². The number of hydrogen-bond donors (Lipinski definition) is 2. The number of rotatable bonds is 6. The average molecular weight is 255 g/mol. The molecule has 0 aromatic heterocycles. The number of aliphatic carboxylic acids is 1. The predicted octanol–water partition coefficient (Wildman–Crippen LogP) is 0.667. The third kappa shape index (κ3) is 3.04. The van der Waals surface area contributed by atoms with Crippen LogP contribution in [0.4, 0.5) is 0 Å². The third-order valence-corrected chi connectivity index (χ3v) is 2.50. The molecule has 1 unspecified atom stereocenters. The second kappa shape index (κ2) is 6.11. The highest BCUT2D eigenvalue weighted by atomic mass is 16.5. The van der Waals surface area contributed by atoms with E-state index in [4.69, 9.17) is 25.1 Å². The maximum absolute atomic E-state index is 10.7. The van der Waals surface area contributed by atoms with E-state index in [1.54, 1.807) is 12.1 Å². The van der Waals surface area contributed by atoms with Gasteiger partial charge in [0.15, 0.2) is 11.5 Å². The Morgan fingerprint density at radius 3 is 2.06 bits per heavy atom. The summed E-state index contributed by atoms with van der Waals surface area (Å²) in [5, 5.41) is 8.78. The van der Waals surface area contributed by atoms with Crippen molar-refractivity contribution in [2.75, 3.05) is 21.3 Å².